The second kappa shape index (κ2) is 5.50. The highest BCUT2D eigenvalue weighted by Gasteiger charge is 2.17. The Labute approximate surface area is 98.0 Å². The molecule has 0 aliphatic heterocycles. The van der Waals surface area contributed by atoms with Gasteiger partial charge < -0.3 is 16.3 Å². The Morgan fingerprint density at radius 2 is 2.38 bits per heavy atom. The van der Waals surface area contributed by atoms with Gasteiger partial charge in [-0.05, 0) is 35.7 Å². The molecule has 1 unspecified atom stereocenters. The highest BCUT2D eigenvalue weighted by atomic mass is 32.1. The number of amidine groups is 1. The number of hydrogen-bond donors (Lipinski definition) is 3. The number of nitrogens with zero attached hydrogens (tertiary/aromatic N) is 1. The molecule has 1 heterocycles. The van der Waals surface area contributed by atoms with Crippen LogP contribution in [0.5, 0.6) is 0 Å². The van der Waals surface area contributed by atoms with E-state index in [9.17, 15) is 4.79 Å². The van der Waals surface area contributed by atoms with Crippen LogP contribution in [-0.4, -0.2) is 17.0 Å². The van der Waals surface area contributed by atoms with Crippen LogP contribution in [0.25, 0.3) is 0 Å². The lowest BCUT2D eigenvalue weighted by molar-refractivity contribution is -0.122. The van der Waals surface area contributed by atoms with E-state index in [4.69, 9.17) is 10.9 Å². The van der Waals surface area contributed by atoms with Crippen LogP contribution in [0.4, 0.5) is 0 Å². The van der Waals surface area contributed by atoms with Gasteiger partial charge in [0.05, 0.1) is 5.92 Å². The molecule has 0 saturated heterocycles. The number of oxime groups is 1. The van der Waals surface area contributed by atoms with E-state index in [2.05, 4.69) is 10.5 Å². The monoisotopic (exact) mass is 241 g/mol. The number of thiophene rings is 1. The third-order valence-electron chi connectivity index (χ3n) is 2.37. The van der Waals surface area contributed by atoms with Gasteiger partial charge in [0.25, 0.3) is 0 Å². The summed E-state index contributed by atoms with van der Waals surface area (Å²) < 4.78 is 0. The minimum atomic E-state index is -0.621. The van der Waals surface area contributed by atoms with E-state index in [1.807, 2.05) is 17.7 Å². The van der Waals surface area contributed by atoms with Gasteiger partial charge >= 0.3 is 0 Å². The molecule has 16 heavy (non-hydrogen) atoms. The van der Waals surface area contributed by atoms with Gasteiger partial charge in [0.1, 0.15) is 0 Å². The highest BCUT2D eigenvalue weighted by Crippen LogP contribution is 2.13. The lowest BCUT2D eigenvalue weighted by atomic mass is 10.1. The Balaban J connectivity index is 2.51. The number of nitrogens with two attached hydrogens (primary N) is 1. The topological polar surface area (TPSA) is 87.7 Å². The zero-order valence-corrected chi connectivity index (χ0v) is 10.0. The van der Waals surface area contributed by atoms with Gasteiger partial charge in [-0.25, -0.2) is 0 Å². The van der Waals surface area contributed by atoms with Crippen molar-refractivity contribution in [2.24, 2.45) is 16.8 Å². The van der Waals surface area contributed by atoms with Crippen LogP contribution in [0.2, 0.25) is 0 Å². The number of carbonyl (C=O) groups excluding carboxylic acids is 1. The molecule has 0 radical (unpaired) electrons. The fourth-order valence-electron chi connectivity index (χ4n) is 1.12. The molecule has 6 heteroatoms. The average Bonchev–Trinajstić information content (AvgIpc) is 2.69. The molecule has 1 aromatic rings. The number of nitrogens with one attached hydrogen (secondary N) is 1. The second-order valence-corrected chi connectivity index (χ2v) is 4.29. The van der Waals surface area contributed by atoms with Gasteiger partial charge in [-0.1, -0.05) is 5.16 Å². The van der Waals surface area contributed by atoms with Crippen LogP contribution < -0.4 is 11.1 Å². The van der Waals surface area contributed by atoms with Crippen LogP contribution in [-0.2, 0) is 11.3 Å². The molecule has 0 fully saturated rings. The van der Waals surface area contributed by atoms with Crippen molar-refractivity contribution < 1.29 is 10.0 Å². The number of carbonyl (C=O) groups is 1. The molecule has 0 saturated carbocycles. The van der Waals surface area contributed by atoms with E-state index in [1.54, 1.807) is 18.3 Å². The first-order valence-corrected chi connectivity index (χ1v) is 5.77. The van der Waals surface area contributed by atoms with Crippen LogP contribution in [0.1, 0.15) is 18.1 Å². The third-order valence-corrected chi connectivity index (χ3v) is 3.28. The molecule has 0 bridgehead atoms. The Bertz CT molecular complexity index is 401. The summed E-state index contributed by atoms with van der Waals surface area (Å²) in [5, 5.41) is 18.0. The normalized spacial score (nSPS) is 13.5. The van der Waals surface area contributed by atoms with Crippen LogP contribution in [0, 0.1) is 12.8 Å². The van der Waals surface area contributed by atoms with Gasteiger partial charge in [0, 0.05) is 6.54 Å². The molecular weight excluding hydrogens is 226 g/mol. The maximum Gasteiger partial charge on any atom is 0.230 e. The Hall–Kier alpha value is -1.56. The number of hydrogen-bond acceptors (Lipinski definition) is 4. The molecule has 0 aromatic carbocycles. The first-order chi connectivity index (χ1) is 7.56. The molecule has 1 rings (SSSR count). The Kier molecular flexibility index (Phi) is 4.30. The third kappa shape index (κ3) is 2.96. The van der Waals surface area contributed by atoms with Gasteiger partial charge in [0.15, 0.2) is 5.84 Å². The summed E-state index contributed by atoms with van der Waals surface area (Å²) >= 11 is 1.60. The van der Waals surface area contributed by atoms with E-state index >= 15 is 0 Å². The Morgan fingerprint density at radius 3 is 2.88 bits per heavy atom. The fraction of sp³-hybridized carbons (Fsp3) is 0.400. The van der Waals surface area contributed by atoms with Crippen molar-refractivity contribution in [2.45, 2.75) is 20.4 Å². The van der Waals surface area contributed by atoms with Crippen molar-refractivity contribution in [3.8, 4) is 0 Å². The summed E-state index contributed by atoms with van der Waals surface area (Å²) in [5.41, 5.74) is 7.58. The molecule has 0 aliphatic rings. The van der Waals surface area contributed by atoms with E-state index in [-0.39, 0.29) is 11.7 Å². The lowest BCUT2D eigenvalue weighted by Crippen LogP contribution is -2.36. The number of amides is 1. The van der Waals surface area contributed by atoms with Crippen molar-refractivity contribution in [2.75, 3.05) is 0 Å². The van der Waals surface area contributed by atoms with Gasteiger partial charge in [-0.2, -0.15) is 11.3 Å². The van der Waals surface area contributed by atoms with E-state index in [0.29, 0.717) is 6.54 Å². The van der Waals surface area contributed by atoms with Crippen molar-refractivity contribution in [3.63, 3.8) is 0 Å². The first-order valence-electron chi connectivity index (χ1n) is 4.83. The van der Waals surface area contributed by atoms with Gasteiger partial charge in [-0.3, -0.25) is 4.79 Å². The van der Waals surface area contributed by atoms with Crippen LogP contribution >= 0.6 is 11.3 Å². The molecule has 5 nitrogen and oxygen atoms in total. The lowest BCUT2D eigenvalue weighted by Gasteiger charge is -2.10. The minimum absolute atomic E-state index is 0.0838. The average molecular weight is 241 g/mol. The molecule has 4 N–H and O–H groups in total. The summed E-state index contributed by atoms with van der Waals surface area (Å²) in [5.74, 6) is -0.954. The molecule has 88 valence electrons. The van der Waals surface area contributed by atoms with E-state index in [0.717, 1.165) is 11.1 Å². The van der Waals surface area contributed by atoms with Crippen molar-refractivity contribution in [3.05, 3.63) is 21.9 Å². The molecular formula is C10H15N3O2S. The SMILES string of the molecule is Cc1cscc1CNC(=O)C(C)C(N)=NO. The largest absolute Gasteiger partial charge is 0.409 e. The summed E-state index contributed by atoms with van der Waals surface area (Å²) in [6.07, 6.45) is 0. The summed E-state index contributed by atoms with van der Waals surface area (Å²) in [6.45, 7) is 4.05. The smallest absolute Gasteiger partial charge is 0.230 e. The maximum atomic E-state index is 11.6. The van der Waals surface area contributed by atoms with E-state index < -0.39 is 5.92 Å². The van der Waals surface area contributed by atoms with Crippen molar-refractivity contribution >= 4 is 23.1 Å². The predicted molar refractivity (Wildman–Crippen MR) is 63.5 cm³/mol. The van der Waals surface area contributed by atoms with Crippen LogP contribution in [0.3, 0.4) is 0 Å². The van der Waals surface area contributed by atoms with Crippen molar-refractivity contribution in [1.29, 1.82) is 0 Å². The first kappa shape index (κ1) is 12.5. The molecule has 0 spiro atoms. The molecule has 0 aliphatic carbocycles. The zero-order valence-electron chi connectivity index (χ0n) is 9.23. The summed E-state index contributed by atoms with van der Waals surface area (Å²) in [4.78, 5) is 11.6. The number of rotatable bonds is 4. The molecule has 1 aromatic heterocycles. The predicted octanol–water partition coefficient (Wildman–Crippen LogP) is 1.06. The maximum absolute atomic E-state index is 11.6. The van der Waals surface area contributed by atoms with Crippen molar-refractivity contribution in [1.82, 2.24) is 5.32 Å². The number of aryl methyl sites for hydroxylation is 1. The second-order valence-electron chi connectivity index (χ2n) is 3.54. The minimum Gasteiger partial charge on any atom is -0.409 e. The molecule has 1 atom stereocenters. The van der Waals surface area contributed by atoms with Crippen LogP contribution in [0.15, 0.2) is 15.9 Å². The molecule has 1 amide bonds. The quantitative estimate of drug-likeness (QED) is 0.319. The zero-order chi connectivity index (χ0) is 12.1. The standard InChI is InChI=1S/C10H15N3O2S/c1-6-4-16-5-8(6)3-12-10(14)7(2)9(11)13-15/h4-5,7,15H,3H2,1-2H3,(H2,11,13)(H,12,14). The summed E-state index contributed by atoms with van der Waals surface area (Å²) in [7, 11) is 0. The Morgan fingerprint density at radius 1 is 1.69 bits per heavy atom. The van der Waals surface area contributed by atoms with Gasteiger partial charge in [-0.15, -0.1) is 0 Å². The fourth-order valence-corrected chi connectivity index (χ4v) is 1.98. The highest BCUT2D eigenvalue weighted by molar-refractivity contribution is 7.08. The van der Waals surface area contributed by atoms with Gasteiger partial charge in [0.2, 0.25) is 5.91 Å². The van der Waals surface area contributed by atoms with E-state index in [1.165, 1.54) is 0 Å². The summed E-state index contributed by atoms with van der Waals surface area (Å²) in [6, 6.07) is 0.